The number of phenols is 1. The number of carbonyl (C=O) groups is 1. The molecule has 1 rings (SSSR count). The van der Waals surface area contributed by atoms with E-state index >= 15 is 0 Å². The fraction of sp³-hybridized carbons (Fsp3) is 0.286. The van der Waals surface area contributed by atoms with Crippen molar-refractivity contribution < 1.29 is 19.7 Å². The van der Waals surface area contributed by atoms with Gasteiger partial charge in [-0.2, -0.15) is 5.26 Å². The first-order valence-corrected chi connectivity index (χ1v) is 5.62. The fourth-order valence-corrected chi connectivity index (χ4v) is 1.84. The number of hydrogen-bond acceptors (Lipinski definition) is 4. The van der Waals surface area contributed by atoms with Crippen molar-refractivity contribution in [2.75, 3.05) is 7.11 Å². The Kier molecular flexibility index (Phi) is 4.67. The summed E-state index contributed by atoms with van der Waals surface area (Å²) in [5.41, 5.74) is 1.83. The molecule has 0 saturated carbocycles. The Balaban J connectivity index is 3.51. The summed E-state index contributed by atoms with van der Waals surface area (Å²) in [4.78, 5) is 10.6. The molecule has 100 valence electrons. The average molecular weight is 261 g/mol. The van der Waals surface area contributed by atoms with E-state index in [-0.39, 0.29) is 11.3 Å². The van der Waals surface area contributed by atoms with Crippen LogP contribution >= 0.6 is 0 Å². The molecular formula is C14H15NO4. The molecule has 0 aliphatic rings. The number of benzene rings is 1. The summed E-state index contributed by atoms with van der Waals surface area (Å²) in [6, 6.07) is 3.34. The minimum atomic E-state index is -1.08. The van der Waals surface area contributed by atoms with E-state index in [0.717, 1.165) is 6.08 Å². The Morgan fingerprint density at radius 1 is 1.58 bits per heavy atom. The van der Waals surface area contributed by atoms with E-state index in [9.17, 15) is 9.90 Å². The second-order valence-corrected chi connectivity index (χ2v) is 4.06. The zero-order valence-electron chi connectivity index (χ0n) is 11.0. The van der Waals surface area contributed by atoms with Crippen molar-refractivity contribution in [2.24, 2.45) is 0 Å². The number of methoxy groups -OCH3 is 1. The summed E-state index contributed by atoms with van der Waals surface area (Å²) in [6.07, 6.45) is 1.98. The molecule has 1 aromatic carbocycles. The Morgan fingerprint density at radius 3 is 2.68 bits per heavy atom. The minimum Gasteiger partial charge on any atom is -0.506 e. The van der Waals surface area contributed by atoms with E-state index in [1.807, 2.05) is 6.07 Å². The maximum atomic E-state index is 10.6. The highest BCUT2D eigenvalue weighted by molar-refractivity contribution is 5.86. The predicted octanol–water partition coefficient (Wildman–Crippen LogP) is 2.38. The number of phenolic OH excluding ortho intramolecular Hbond substituents is 1. The zero-order chi connectivity index (χ0) is 14.6. The highest BCUT2D eigenvalue weighted by Gasteiger charge is 2.18. The second kappa shape index (κ2) is 6.03. The van der Waals surface area contributed by atoms with Gasteiger partial charge < -0.3 is 14.9 Å². The van der Waals surface area contributed by atoms with E-state index in [0.29, 0.717) is 16.7 Å². The van der Waals surface area contributed by atoms with Gasteiger partial charge in [0, 0.05) is 18.7 Å². The van der Waals surface area contributed by atoms with Crippen molar-refractivity contribution in [1.29, 1.82) is 5.26 Å². The number of hydrogen-bond donors (Lipinski definition) is 2. The van der Waals surface area contributed by atoms with Gasteiger partial charge in [-0.15, -0.1) is 0 Å². The number of carboxylic acid groups (broad SMARTS) is 1. The van der Waals surface area contributed by atoms with Crippen LogP contribution in [-0.2, 0) is 9.53 Å². The van der Waals surface area contributed by atoms with Crippen LogP contribution in [0.1, 0.15) is 35.3 Å². The van der Waals surface area contributed by atoms with Crippen molar-refractivity contribution in [3.8, 4) is 11.8 Å². The Hall–Kier alpha value is -2.32. The molecule has 5 nitrogen and oxygen atoms in total. The number of ether oxygens (including phenoxy) is 1. The van der Waals surface area contributed by atoms with E-state index in [2.05, 4.69) is 0 Å². The van der Waals surface area contributed by atoms with E-state index in [1.54, 1.807) is 13.8 Å². The van der Waals surface area contributed by atoms with Crippen LogP contribution in [0.5, 0.6) is 5.75 Å². The molecule has 0 aromatic heterocycles. The van der Waals surface area contributed by atoms with Crippen molar-refractivity contribution in [3.05, 3.63) is 34.4 Å². The van der Waals surface area contributed by atoms with Gasteiger partial charge in [0.05, 0.1) is 11.7 Å². The number of carboxylic acids is 1. The first-order chi connectivity index (χ1) is 8.92. The van der Waals surface area contributed by atoms with Crippen molar-refractivity contribution >= 4 is 12.0 Å². The first-order valence-electron chi connectivity index (χ1n) is 5.62. The molecule has 0 aliphatic carbocycles. The summed E-state index contributed by atoms with van der Waals surface area (Å²) >= 11 is 0. The molecule has 1 atom stereocenters. The third-order valence-electron chi connectivity index (χ3n) is 2.93. The summed E-state index contributed by atoms with van der Waals surface area (Å²) < 4.78 is 5.17. The van der Waals surface area contributed by atoms with Gasteiger partial charge in [-0.25, -0.2) is 4.79 Å². The smallest absolute Gasteiger partial charge is 0.328 e. The molecule has 0 heterocycles. The lowest BCUT2D eigenvalue weighted by Crippen LogP contribution is -2.03. The van der Waals surface area contributed by atoms with E-state index in [1.165, 1.54) is 19.3 Å². The van der Waals surface area contributed by atoms with Gasteiger partial charge >= 0.3 is 5.97 Å². The molecule has 1 unspecified atom stereocenters. The molecule has 0 amide bonds. The van der Waals surface area contributed by atoms with Crippen LogP contribution in [0.4, 0.5) is 0 Å². The molecule has 1 aromatic rings. The van der Waals surface area contributed by atoms with Gasteiger partial charge in [0.25, 0.3) is 0 Å². The largest absolute Gasteiger partial charge is 0.506 e. The molecule has 0 bridgehead atoms. The molecule has 5 heteroatoms. The fourth-order valence-electron chi connectivity index (χ4n) is 1.84. The van der Waals surface area contributed by atoms with Crippen LogP contribution in [-0.4, -0.2) is 23.3 Å². The van der Waals surface area contributed by atoms with Gasteiger partial charge in [0.2, 0.25) is 0 Å². The molecule has 2 N–H and O–H groups in total. The lowest BCUT2D eigenvalue weighted by molar-refractivity contribution is -0.131. The van der Waals surface area contributed by atoms with E-state index < -0.39 is 12.1 Å². The van der Waals surface area contributed by atoms with Gasteiger partial charge in [-0.1, -0.05) is 0 Å². The number of aromatic hydroxyl groups is 1. The Bertz CT molecular complexity index is 570. The third kappa shape index (κ3) is 3.12. The molecular weight excluding hydrogens is 246 g/mol. The summed E-state index contributed by atoms with van der Waals surface area (Å²) in [7, 11) is 1.50. The van der Waals surface area contributed by atoms with Crippen LogP contribution < -0.4 is 0 Å². The second-order valence-electron chi connectivity index (χ2n) is 4.06. The highest BCUT2D eigenvalue weighted by Crippen LogP contribution is 2.35. The summed E-state index contributed by atoms with van der Waals surface area (Å²) in [6.45, 7) is 3.49. The van der Waals surface area contributed by atoms with Crippen molar-refractivity contribution in [2.45, 2.75) is 20.0 Å². The van der Waals surface area contributed by atoms with Gasteiger partial charge in [0.15, 0.2) is 0 Å². The monoisotopic (exact) mass is 261 g/mol. The predicted molar refractivity (Wildman–Crippen MR) is 69.7 cm³/mol. The maximum Gasteiger partial charge on any atom is 0.328 e. The van der Waals surface area contributed by atoms with Crippen LogP contribution in [0.2, 0.25) is 0 Å². The van der Waals surface area contributed by atoms with Crippen LogP contribution in [0.25, 0.3) is 6.08 Å². The topological polar surface area (TPSA) is 90.5 Å². The van der Waals surface area contributed by atoms with Crippen LogP contribution in [0.3, 0.4) is 0 Å². The Labute approximate surface area is 111 Å². The van der Waals surface area contributed by atoms with Crippen LogP contribution in [0.15, 0.2) is 12.1 Å². The maximum absolute atomic E-state index is 10.6. The summed E-state index contributed by atoms with van der Waals surface area (Å²) in [5, 5.41) is 27.7. The van der Waals surface area contributed by atoms with Gasteiger partial charge in [0.1, 0.15) is 11.8 Å². The van der Waals surface area contributed by atoms with E-state index in [4.69, 9.17) is 15.1 Å². The van der Waals surface area contributed by atoms with Crippen molar-refractivity contribution in [3.63, 3.8) is 0 Å². The molecule has 0 saturated heterocycles. The minimum absolute atomic E-state index is 0.0922. The molecule has 0 spiro atoms. The lowest BCUT2D eigenvalue weighted by Gasteiger charge is -2.17. The average Bonchev–Trinajstić information content (AvgIpc) is 2.37. The highest BCUT2D eigenvalue weighted by atomic mass is 16.5. The summed E-state index contributed by atoms with van der Waals surface area (Å²) in [5.74, 6) is -1.20. The number of nitrogens with zero attached hydrogens (tertiary/aromatic N) is 1. The first kappa shape index (κ1) is 14.7. The number of aliphatic carboxylic acids is 1. The standard InChI is InChI=1S/C14H15NO4/c1-8-10(4-5-12(16)17)6-11(7-15)14(18)13(8)9(2)19-3/h4-6,9,18H,1-3H3,(H,16,17)/b5-4+. The molecule has 0 radical (unpaired) electrons. The van der Waals surface area contributed by atoms with Gasteiger partial charge in [-0.05, 0) is 37.1 Å². The SMILES string of the molecule is COC(C)c1c(C)c(/C=C/C(=O)O)cc(C#N)c1O. The van der Waals surface area contributed by atoms with Gasteiger partial charge in [-0.3, -0.25) is 0 Å². The molecule has 0 fully saturated rings. The number of rotatable bonds is 4. The Morgan fingerprint density at radius 2 is 2.21 bits per heavy atom. The molecule has 0 aliphatic heterocycles. The lowest BCUT2D eigenvalue weighted by atomic mass is 9.94. The van der Waals surface area contributed by atoms with Crippen molar-refractivity contribution in [1.82, 2.24) is 0 Å². The zero-order valence-corrected chi connectivity index (χ0v) is 11.0. The quantitative estimate of drug-likeness (QED) is 0.812. The number of nitriles is 1. The third-order valence-corrected chi connectivity index (χ3v) is 2.93. The molecule has 19 heavy (non-hydrogen) atoms. The van der Waals surface area contributed by atoms with Crippen LogP contribution in [0, 0.1) is 18.3 Å². The normalized spacial score (nSPS) is 12.3.